The lowest BCUT2D eigenvalue weighted by Crippen LogP contribution is -2.61. The minimum absolute atomic E-state index is 0.191. The Morgan fingerprint density at radius 3 is 2.37 bits per heavy atom. The van der Waals surface area contributed by atoms with Gasteiger partial charge in [0, 0.05) is 13.1 Å². The number of carbonyl (C=O) groups is 1. The molecular formula is C12H22F3N3O. The second-order valence-corrected chi connectivity index (χ2v) is 5.48. The first-order chi connectivity index (χ1) is 8.64. The number of likely N-dealkylation sites (tertiary alicyclic amines) is 1. The Hall–Kier alpha value is -0.820. The molecule has 1 unspecified atom stereocenters. The van der Waals surface area contributed by atoms with E-state index in [1.807, 2.05) is 0 Å². The number of rotatable bonds is 4. The van der Waals surface area contributed by atoms with Crippen molar-refractivity contribution < 1.29 is 18.0 Å². The number of alkyl halides is 3. The SMILES string of the molecule is CC1CCN(CCNC(=O)C(C)(N)C(F)(F)F)CC1. The van der Waals surface area contributed by atoms with Crippen molar-refractivity contribution in [1.82, 2.24) is 10.2 Å². The third-order valence-electron chi connectivity index (χ3n) is 3.65. The molecule has 0 spiro atoms. The number of amides is 1. The van der Waals surface area contributed by atoms with Crippen molar-refractivity contribution in [3.63, 3.8) is 0 Å². The van der Waals surface area contributed by atoms with E-state index >= 15 is 0 Å². The van der Waals surface area contributed by atoms with Gasteiger partial charge in [0.1, 0.15) is 0 Å². The van der Waals surface area contributed by atoms with Crippen LogP contribution in [0.15, 0.2) is 0 Å². The van der Waals surface area contributed by atoms with Gasteiger partial charge in [-0.05, 0) is 38.8 Å². The van der Waals surface area contributed by atoms with Crippen LogP contribution in [0.5, 0.6) is 0 Å². The van der Waals surface area contributed by atoms with E-state index in [4.69, 9.17) is 5.73 Å². The average molecular weight is 281 g/mol. The summed E-state index contributed by atoms with van der Waals surface area (Å²) in [5, 5.41) is 2.26. The molecule has 3 N–H and O–H groups in total. The van der Waals surface area contributed by atoms with E-state index in [1.54, 1.807) is 0 Å². The second kappa shape index (κ2) is 6.09. The van der Waals surface area contributed by atoms with Crippen molar-refractivity contribution in [1.29, 1.82) is 0 Å². The summed E-state index contributed by atoms with van der Waals surface area (Å²) in [4.78, 5) is 13.6. The minimum atomic E-state index is -4.74. The van der Waals surface area contributed by atoms with E-state index in [9.17, 15) is 18.0 Å². The molecule has 1 saturated heterocycles. The Bertz CT molecular complexity index is 310. The molecule has 0 saturated carbocycles. The number of piperidine rings is 1. The summed E-state index contributed by atoms with van der Waals surface area (Å²) in [5.74, 6) is -0.478. The van der Waals surface area contributed by atoms with E-state index in [-0.39, 0.29) is 6.54 Å². The van der Waals surface area contributed by atoms with Crippen LogP contribution in [0.4, 0.5) is 13.2 Å². The zero-order chi connectivity index (χ0) is 14.7. The van der Waals surface area contributed by atoms with Crippen molar-refractivity contribution in [3.05, 3.63) is 0 Å². The number of halogens is 3. The van der Waals surface area contributed by atoms with Crippen LogP contribution in [-0.2, 0) is 4.79 Å². The van der Waals surface area contributed by atoms with Crippen molar-refractivity contribution in [2.24, 2.45) is 11.7 Å². The Labute approximate surface area is 111 Å². The number of nitrogens with one attached hydrogen (secondary N) is 1. The molecule has 1 aliphatic heterocycles. The van der Waals surface area contributed by atoms with Gasteiger partial charge in [0.2, 0.25) is 5.91 Å². The molecule has 0 aliphatic carbocycles. The van der Waals surface area contributed by atoms with Crippen LogP contribution >= 0.6 is 0 Å². The lowest BCUT2D eigenvalue weighted by atomic mass is 9.99. The van der Waals surface area contributed by atoms with Gasteiger partial charge in [0.25, 0.3) is 0 Å². The first-order valence-electron chi connectivity index (χ1n) is 6.51. The maximum atomic E-state index is 12.5. The van der Waals surface area contributed by atoms with Gasteiger partial charge >= 0.3 is 6.18 Å². The molecule has 0 bridgehead atoms. The molecule has 112 valence electrons. The lowest BCUT2D eigenvalue weighted by molar-refractivity contribution is -0.187. The average Bonchev–Trinajstić information content (AvgIpc) is 2.30. The first kappa shape index (κ1) is 16.2. The third-order valence-corrected chi connectivity index (χ3v) is 3.65. The van der Waals surface area contributed by atoms with Crippen molar-refractivity contribution >= 4 is 5.91 Å². The summed E-state index contributed by atoms with van der Waals surface area (Å²) in [6, 6.07) is 0. The molecule has 1 amide bonds. The standard InChI is InChI=1S/C12H22F3N3O/c1-9-3-6-18(7-4-9)8-5-17-10(19)11(2,16)12(13,14)15/h9H,3-8,16H2,1-2H3,(H,17,19). The highest BCUT2D eigenvalue weighted by Crippen LogP contribution is 2.27. The Morgan fingerprint density at radius 1 is 1.37 bits per heavy atom. The molecule has 19 heavy (non-hydrogen) atoms. The smallest absolute Gasteiger partial charge is 0.353 e. The van der Waals surface area contributed by atoms with Crippen LogP contribution < -0.4 is 11.1 Å². The summed E-state index contributed by atoms with van der Waals surface area (Å²) in [5.41, 5.74) is 2.19. The Kier molecular flexibility index (Phi) is 5.20. The van der Waals surface area contributed by atoms with Crippen LogP contribution in [0, 0.1) is 5.92 Å². The zero-order valence-corrected chi connectivity index (χ0v) is 11.4. The van der Waals surface area contributed by atoms with Gasteiger partial charge in [-0.1, -0.05) is 6.92 Å². The minimum Gasteiger partial charge on any atom is -0.353 e. The summed E-state index contributed by atoms with van der Waals surface area (Å²) in [7, 11) is 0. The molecule has 1 heterocycles. The number of nitrogens with zero attached hydrogens (tertiary/aromatic N) is 1. The molecule has 0 aromatic rings. The predicted molar refractivity (Wildman–Crippen MR) is 66.5 cm³/mol. The summed E-state index contributed by atoms with van der Waals surface area (Å²) < 4.78 is 37.5. The van der Waals surface area contributed by atoms with Crippen LogP contribution in [0.3, 0.4) is 0 Å². The molecule has 1 atom stereocenters. The van der Waals surface area contributed by atoms with E-state index in [0.717, 1.165) is 25.9 Å². The van der Waals surface area contributed by atoms with Gasteiger partial charge in [-0.15, -0.1) is 0 Å². The van der Waals surface area contributed by atoms with E-state index in [2.05, 4.69) is 17.1 Å². The van der Waals surface area contributed by atoms with E-state index in [1.165, 1.54) is 0 Å². The van der Waals surface area contributed by atoms with Crippen LogP contribution in [-0.4, -0.2) is 48.7 Å². The van der Waals surface area contributed by atoms with Crippen LogP contribution in [0.25, 0.3) is 0 Å². The Morgan fingerprint density at radius 2 is 1.89 bits per heavy atom. The summed E-state index contributed by atoms with van der Waals surface area (Å²) >= 11 is 0. The number of hydrogen-bond acceptors (Lipinski definition) is 3. The molecule has 0 radical (unpaired) electrons. The van der Waals surface area contributed by atoms with E-state index < -0.39 is 17.6 Å². The van der Waals surface area contributed by atoms with Crippen LogP contribution in [0.2, 0.25) is 0 Å². The largest absolute Gasteiger partial charge is 0.415 e. The number of carbonyl (C=O) groups excluding carboxylic acids is 1. The number of nitrogens with two attached hydrogens (primary N) is 1. The maximum Gasteiger partial charge on any atom is 0.415 e. The van der Waals surface area contributed by atoms with Crippen molar-refractivity contribution in [2.75, 3.05) is 26.2 Å². The van der Waals surface area contributed by atoms with Gasteiger partial charge < -0.3 is 16.0 Å². The molecule has 0 aromatic carbocycles. The van der Waals surface area contributed by atoms with Gasteiger partial charge in [0.05, 0.1) is 0 Å². The molecular weight excluding hydrogens is 259 g/mol. The van der Waals surface area contributed by atoms with Crippen LogP contribution in [0.1, 0.15) is 26.7 Å². The highest BCUT2D eigenvalue weighted by atomic mass is 19.4. The first-order valence-corrected chi connectivity index (χ1v) is 6.51. The summed E-state index contributed by atoms with van der Waals surface area (Å²) in [6.45, 7) is 5.47. The number of hydrogen-bond donors (Lipinski definition) is 2. The normalized spacial score (nSPS) is 22.0. The fourth-order valence-electron chi connectivity index (χ4n) is 1.93. The summed E-state index contributed by atoms with van der Waals surface area (Å²) in [6.07, 6.45) is -2.56. The molecule has 1 aliphatic rings. The van der Waals surface area contributed by atoms with Crippen molar-refractivity contribution in [3.8, 4) is 0 Å². The lowest BCUT2D eigenvalue weighted by Gasteiger charge is -2.31. The predicted octanol–water partition coefficient (Wildman–Crippen LogP) is 1.11. The fraction of sp³-hybridized carbons (Fsp3) is 0.917. The fourth-order valence-corrected chi connectivity index (χ4v) is 1.93. The van der Waals surface area contributed by atoms with Gasteiger partial charge in [-0.25, -0.2) is 0 Å². The zero-order valence-electron chi connectivity index (χ0n) is 11.4. The van der Waals surface area contributed by atoms with Gasteiger partial charge in [-0.2, -0.15) is 13.2 Å². The molecule has 7 heteroatoms. The molecule has 1 rings (SSSR count). The molecule has 0 aromatic heterocycles. The van der Waals surface area contributed by atoms with Gasteiger partial charge in [0.15, 0.2) is 5.54 Å². The maximum absolute atomic E-state index is 12.5. The highest BCUT2D eigenvalue weighted by molar-refractivity contribution is 5.86. The monoisotopic (exact) mass is 281 g/mol. The third kappa shape index (κ3) is 4.35. The molecule has 1 fully saturated rings. The topological polar surface area (TPSA) is 58.4 Å². The Balaban J connectivity index is 2.31. The van der Waals surface area contributed by atoms with Crippen molar-refractivity contribution in [2.45, 2.75) is 38.4 Å². The molecule has 4 nitrogen and oxygen atoms in total. The highest BCUT2D eigenvalue weighted by Gasteiger charge is 2.53. The quantitative estimate of drug-likeness (QED) is 0.811. The van der Waals surface area contributed by atoms with Gasteiger partial charge in [-0.3, -0.25) is 4.79 Å². The van der Waals surface area contributed by atoms with E-state index in [0.29, 0.717) is 19.4 Å². The second-order valence-electron chi connectivity index (χ2n) is 5.48.